The maximum absolute atomic E-state index is 12.2. The summed E-state index contributed by atoms with van der Waals surface area (Å²) in [6.45, 7) is 4.23. The standard InChI is InChI=1S/C14H17N3O2S/c1-9(8-19-3)16-13(18)12-10(2)17-14(20-12)11-5-4-6-15-7-11/h4-7,9H,8H2,1-3H3,(H,16,18)/t9-/m1/s1. The number of ether oxygens (including phenoxy) is 1. The summed E-state index contributed by atoms with van der Waals surface area (Å²) >= 11 is 1.38. The van der Waals surface area contributed by atoms with Gasteiger partial charge in [-0.25, -0.2) is 4.98 Å². The van der Waals surface area contributed by atoms with Crippen LogP contribution in [-0.2, 0) is 4.74 Å². The molecule has 0 aliphatic carbocycles. The highest BCUT2D eigenvalue weighted by Crippen LogP contribution is 2.27. The minimum absolute atomic E-state index is 0.0316. The van der Waals surface area contributed by atoms with Crippen molar-refractivity contribution >= 4 is 17.2 Å². The molecule has 2 aromatic rings. The van der Waals surface area contributed by atoms with E-state index in [1.165, 1.54) is 11.3 Å². The van der Waals surface area contributed by atoms with Crippen molar-refractivity contribution in [3.8, 4) is 10.6 Å². The van der Waals surface area contributed by atoms with Crippen molar-refractivity contribution in [3.63, 3.8) is 0 Å². The Bertz CT molecular complexity index is 583. The Balaban J connectivity index is 2.17. The van der Waals surface area contributed by atoms with Crippen LogP contribution in [0.2, 0.25) is 0 Å². The number of pyridine rings is 1. The van der Waals surface area contributed by atoms with Crippen molar-refractivity contribution in [3.05, 3.63) is 35.1 Å². The van der Waals surface area contributed by atoms with Gasteiger partial charge in [0.2, 0.25) is 0 Å². The van der Waals surface area contributed by atoms with Crippen LogP contribution >= 0.6 is 11.3 Å². The number of methoxy groups -OCH3 is 1. The lowest BCUT2D eigenvalue weighted by Crippen LogP contribution is -2.35. The number of carbonyl (C=O) groups is 1. The van der Waals surface area contributed by atoms with Gasteiger partial charge in [-0.1, -0.05) is 0 Å². The molecule has 20 heavy (non-hydrogen) atoms. The Hall–Kier alpha value is -1.79. The average Bonchev–Trinajstić information content (AvgIpc) is 2.82. The molecule has 1 amide bonds. The quantitative estimate of drug-likeness (QED) is 0.918. The molecule has 5 nitrogen and oxygen atoms in total. The molecule has 0 bridgehead atoms. The van der Waals surface area contributed by atoms with E-state index < -0.39 is 0 Å². The highest BCUT2D eigenvalue weighted by molar-refractivity contribution is 7.17. The number of nitrogens with one attached hydrogen (secondary N) is 1. The van der Waals surface area contributed by atoms with Crippen molar-refractivity contribution in [1.82, 2.24) is 15.3 Å². The van der Waals surface area contributed by atoms with Gasteiger partial charge < -0.3 is 10.1 Å². The number of aryl methyl sites for hydroxylation is 1. The molecule has 0 saturated heterocycles. The van der Waals surface area contributed by atoms with Gasteiger partial charge in [0.15, 0.2) is 0 Å². The Kier molecular flexibility index (Phi) is 4.81. The van der Waals surface area contributed by atoms with Crippen LogP contribution < -0.4 is 5.32 Å². The molecule has 1 N–H and O–H groups in total. The summed E-state index contributed by atoms with van der Waals surface area (Å²) in [5.74, 6) is -0.111. The van der Waals surface area contributed by atoms with Crippen LogP contribution in [-0.4, -0.2) is 35.6 Å². The van der Waals surface area contributed by atoms with Crippen LogP contribution in [0.5, 0.6) is 0 Å². The van der Waals surface area contributed by atoms with Crippen molar-refractivity contribution in [1.29, 1.82) is 0 Å². The van der Waals surface area contributed by atoms with Crippen molar-refractivity contribution in [2.75, 3.05) is 13.7 Å². The van der Waals surface area contributed by atoms with Gasteiger partial charge in [0.1, 0.15) is 9.88 Å². The zero-order valence-corrected chi connectivity index (χ0v) is 12.5. The first-order valence-electron chi connectivity index (χ1n) is 6.29. The number of carbonyl (C=O) groups excluding carboxylic acids is 1. The molecule has 2 heterocycles. The van der Waals surface area contributed by atoms with E-state index >= 15 is 0 Å². The first-order chi connectivity index (χ1) is 9.61. The van der Waals surface area contributed by atoms with Crippen LogP contribution in [0.25, 0.3) is 10.6 Å². The molecule has 106 valence electrons. The summed E-state index contributed by atoms with van der Waals surface area (Å²) in [5.41, 5.74) is 1.65. The van der Waals surface area contributed by atoms with Crippen molar-refractivity contribution < 1.29 is 9.53 Å². The van der Waals surface area contributed by atoms with Crippen molar-refractivity contribution in [2.45, 2.75) is 19.9 Å². The summed E-state index contributed by atoms with van der Waals surface area (Å²) in [6, 6.07) is 3.75. The Morgan fingerprint density at radius 3 is 3.00 bits per heavy atom. The van der Waals surface area contributed by atoms with E-state index in [0.717, 1.165) is 16.3 Å². The van der Waals surface area contributed by atoms with Gasteiger partial charge in [0, 0.05) is 31.1 Å². The lowest BCUT2D eigenvalue weighted by atomic mass is 10.3. The normalized spacial score (nSPS) is 12.2. The van der Waals surface area contributed by atoms with Gasteiger partial charge >= 0.3 is 0 Å². The zero-order valence-electron chi connectivity index (χ0n) is 11.7. The second-order valence-electron chi connectivity index (χ2n) is 4.51. The van der Waals surface area contributed by atoms with Gasteiger partial charge in [-0.05, 0) is 26.0 Å². The fraction of sp³-hybridized carbons (Fsp3) is 0.357. The summed E-state index contributed by atoms with van der Waals surface area (Å²) in [7, 11) is 1.61. The predicted octanol–water partition coefficient (Wildman–Crippen LogP) is 2.28. The van der Waals surface area contributed by atoms with Crippen LogP contribution in [0, 0.1) is 6.92 Å². The SMILES string of the molecule is COC[C@@H](C)NC(=O)c1sc(-c2cccnc2)nc1C. The third-order valence-electron chi connectivity index (χ3n) is 2.71. The fourth-order valence-electron chi connectivity index (χ4n) is 1.80. The molecule has 1 atom stereocenters. The van der Waals surface area contributed by atoms with Crippen LogP contribution in [0.15, 0.2) is 24.5 Å². The average molecular weight is 291 g/mol. The molecular weight excluding hydrogens is 274 g/mol. The molecule has 0 spiro atoms. The first-order valence-corrected chi connectivity index (χ1v) is 7.11. The second-order valence-corrected chi connectivity index (χ2v) is 5.50. The van der Waals surface area contributed by atoms with Crippen LogP contribution in [0.4, 0.5) is 0 Å². The number of rotatable bonds is 5. The molecule has 0 aliphatic heterocycles. The monoisotopic (exact) mass is 291 g/mol. The highest BCUT2D eigenvalue weighted by atomic mass is 32.1. The third-order valence-corrected chi connectivity index (χ3v) is 3.91. The van der Waals surface area contributed by atoms with E-state index in [2.05, 4.69) is 15.3 Å². The third kappa shape index (κ3) is 3.40. The molecule has 0 aromatic carbocycles. The zero-order chi connectivity index (χ0) is 14.5. The summed E-state index contributed by atoms with van der Waals surface area (Å²) < 4.78 is 5.01. The smallest absolute Gasteiger partial charge is 0.263 e. The summed E-state index contributed by atoms with van der Waals surface area (Å²) in [4.78, 5) is 21.3. The molecule has 2 rings (SSSR count). The van der Waals surface area contributed by atoms with E-state index in [1.54, 1.807) is 19.5 Å². The van der Waals surface area contributed by atoms with Crippen LogP contribution in [0.3, 0.4) is 0 Å². The summed E-state index contributed by atoms with van der Waals surface area (Å²) in [5, 5.41) is 3.70. The second kappa shape index (κ2) is 6.58. The molecule has 0 fully saturated rings. The fourth-order valence-corrected chi connectivity index (χ4v) is 2.76. The van der Waals surface area contributed by atoms with E-state index in [4.69, 9.17) is 4.74 Å². The molecule has 2 aromatic heterocycles. The number of hydrogen-bond donors (Lipinski definition) is 1. The number of nitrogens with zero attached hydrogens (tertiary/aromatic N) is 2. The van der Waals surface area contributed by atoms with Crippen molar-refractivity contribution in [2.24, 2.45) is 0 Å². The topological polar surface area (TPSA) is 64.1 Å². The van der Waals surface area contributed by atoms with E-state index in [9.17, 15) is 4.79 Å². The number of amides is 1. The number of aromatic nitrogens is 2. The molecule has 0 aliphatic rings. The Morgan fingerprint density at radius 2 is 2.35 bits per heavy atom. The van der Waals surface area contributed by atoms with E-state index in [-0.39, 0.29) is 11.9 Å². The largest absolute Gasteiger partial charge is 0.383 e. The molecule has 0 radical (unpaired) electrons. The number of hydrogen-bond acceptors (Lipinski definition) is 5. The Labute approximate surface area is 122 Å². The summed E-state index contributed by atoms with van der Waals surface area (Å²) in [6.07, 6.45) is 3.46. The molecule has 0 unspecified atom stereocenters. The lowest BCUT2D eigenvalue weighted by Gasteiger charge is -2.11. The predicted molar refractivity (Wildman–Crippen MR) is 78.9 cm³/mol. The van der Waals surface area contributed by atoms with Gasteiger partial charge in [-0.15, -0.1) is 11.3 Å². The van der Waals surface area contributed by atoms with E-state index in [0.29, 0.717) is 11.5 Å². The van der Waals surface area contributed by atoms with Gasteiger partial charge in [-0.3, -0.25) is 9.78 Å². The van der Waals surface area contributed by atoms with E-state index in [1.807, 2.05) is 26.0 Å². The molecule has 0 saturated carbocycles. The molecular formula is C14H17N3O2S. The van der Waals surface area contributed by atoms with Gasteiger partial charge in [0.05, 0.1) is 12.3 Å². The maximum atomic E-state index is 12.2. The lowest BCUT2D eigenvalue weighted by molar-refractivity contribution is 0.0909. The van der Waals surface area contributed by atoms with Gasteiger partial charge in [-0.2, -0.15) is 0 Å². The minimum Gasteiger partial charge on any atom is -0.383 e. The van der Waals surface area contributed by atoms with Crippen LogP contribution in [0.1, 0.15) is 22.3 Å². The molecule has 6 heteroatoms. The van der Waals surface area contributed by atoms with Gasteiger partial charge in [0.25, 0.3) is 5.91 Å². The number of thiazole rings is 1. The maximum Gasteiger partial charge on any atom is 0.263 e. The minimum atomic E-state index is -0.111. The Morgan fingerprint density at radius 1 is 1.55 bits per heavy atom. The highest BCUT2D eigenvalue weighted by Gasteiger charge is 2.17. The first kappa shape index (κ1) is 14.6.